The zero-order valence-corrected chi connectivity index (χ0v) is 11.4. The van der Waals surface area contributed by atoms with Crippen LogP contribution >= 0.6 is 11.5 Å². The van der Waals surface area contributed by atoms with E-state index in [9.17, 15) is 4.79 Å². The highest BCUT2D eigenvalue weighted by Crippen LogP contribution is 2.20. The minimum Gasteiger partial charge on any atom is -0.325 e. The molecule has 3 rings (SSSR count). The van der Waals surface area contributed by atoms with Crippen LogP contribution < -0.4 is 5.32 Å². The van der Waals surface area contributed by atoms with Crippen molar-refractivity contribution in [1.82, 2.24) is 14.5 Å². The van der Waals surface area contributed by atoms with Gasteiger partial charge >= 0.3 is 6.03 Å². The van der Waals surface area contributed by atoms with Gasteiger partial charge in [-0.05, 0) is 42.6 Å². The molecule has 0 radical (unpaired) electrons. The molecule has 1 aliphatic heterocycles. The van der Waals surface area contributed by atoms with Crippen molar-refractivity contribution in [3.63, 3.8) is 0 Å². The first-order valence-corrected chi connectivity index (χ1v) is 7.38. The summed E-state index contributed by atoms with van der Waals surface area (Å²) < 4.78 is 4.93. The Morgan fingerprint density at radius 3 is 2.79 bits per heavy atom. The SMILES string of the molecule is O=C(Nc1ccc2snnc2c1)N1CCCCCC1. The summed E-state index contributed by atoms with van der Waals surface area (Å²) in [6.45, 7) is 1.71. The molecule has 2 amide bonds. The van der Waals surface area contributed by atoms with Crippen LogP contribution in [0.2, 0.25) is 0 Å². The minimum absolute atomic E-state index is 0.00978. The van der Waals surface area contributed by atoms with Gasteiger partial charge in [0, 0.05) is 18.8 Å². The highest BCUT2D eigenvalue weighted by Gasteiger charge is 2.15. The monoisotopic (exact) mass is 276 g/mol. The lowest BCUT2D eigenvalue weighted by molar-refractivity contribution is 0.214. The van der Waals surface area contributed by atoms with E-state index < -0.39 is 0 Å². The molecule has 1 fully saturated rings. The highest BCUT2D eigenvalue weighted by molar-refractivity contribution is 7.12. The number of carbonyl (C=O) groups excluding carboxylic acids is 1. The fourth-order valence-electron chi connectivity index (χ4n) is 2.34. The van der Waals surface area contributed by atoms with Gasteiger partial charge in [0.15, 0.2) is 0 Å². The standard InChI is InChI=1S/C13H16N4OS/c18-13(17-7-3-1-2-4-8-17)14-10-5-6-12-11(9-10)15-16-19-12/h5-6,9H,1-4,7-8H2,(H,14,18). The molecule has 1 aromatic heterocycles. The van der Waals surface area contributed by atoms with Gasteiger partial charge in [0.1, 0.15) is 5.52 Å². The summed E-state index contributed by atoms with van der Waals surface area (Å²) in [6, 6.07) is 5.70. The van der Waals surface area contributed by atoms with Gasteiger partial charge < -0.3 is 10.2 Å². The van der Waals surface area contributed by atoms with Crippen molar-refractivity contribution >= 4 is 33.5 Å². The molecule has 0 atom stereocenters. The smallest absolute Gasteiger partial charge is 0.321 e. The van der Waals surface area contributed by atoms with Gasteiger partial charge in [0.2, 0.25) is 0 Å². The number of hydrogen-bond acceptors (Lipinski definition) is 4. The van der Waals surface area contributed by atoms with Gasteiger partial charge in [0.05, 0.1) is 4.70 Å². The first-order valence-electron chi connectivity index (χ1n) is 6.61. The van der Waals surface area contributed by atoms with E-state index in [1.54, 1.807) is 0 Å². The number of rotatable bonds is 1. The number of anilines is 1. The zero-order chi connectivity index (χ0) is 13.1. The summed E-state index contributed by atoms with van der Waals surface area (Å²) in [7, 11) is 0. The third kappa shape index (κ3) is 2.84. The van der Waals surface area contributed by atoms with Crippen molar-refractivity contribution in [1.29, 1.82) is 0 Å². The Morgan fingerprint density at radius 2 is 2.00 bits per heavy atom. The number of hydrogen-bond donors (Lipinski definition) is 1. The van der Waals surface area contributed by atoms with Gasteiger partial charge in [-0.15, -0.1) is 5.10 Å². The predicted octanol–water partition coefficient (Wildman–Crippen LogP) is 3.10. The lowest BCUT2D eigenvalue weighted by Crippen LogP contribution is -2.35. The summed E-state index contributed by atoms with van der Waals surface area (Å²) in [5, 5.41) is 6.96. The molecular formula is C13H16N4OS. The second-order valence-electron chi connectivity index (χ2n) is 4.79. The van der Waals surface area contributed by atoms with Crippen molar-refractivity contribution in [2.24, 2.45) is 0 Å². The number of fused-ring (bicyclic) bond motifs is 1. The van der Waals surface area contributed by atoms with E-state index in [1.807, 2.05) is 23.1 Å². The van der Waals surface area contributed by atoms with Crippen LogP contribution in [0, 0.1) is 0 Å². The average Bonchev–Trinajstić information content (AvgIpc) is 2.71. The van der Waals surface area contributed by atoms with Crippen LogP contribution in [0.5, 0.6) is 0 Å². The van der Waals surface area contributed by atoms with Gasteiger partial charge in [-0.2, -0.15) is 0 Å². The fourth-order valence-corrected chi connectivity index (χ4v) is 2.87. The van der Waals surface area contributed by atoms with Crippen LogP contribution in [0.4, 0.5) is 10.5 Å². The summed E-state index contributed by atoms with van der Waals surface area (Å²) in [6.07, 6.45) is 4.64. The fraction of sp³-hybridized carbons (Fsp3) is 0.462. The Kier molecular flexibility index (Phi) is 3.59. The second kappa shape index (κ2) is 5.52. The third-order valence-corrected chi connectivity index (χ3v) is 4.10. The maximum Gasteiger partial charge on any atom is 0.321 e. The summed E-state index contributed by atoms with van der Waals surface area (Å²) in [5.41, 5.74) is 1.62. The summed E-state index contributed by atoms with van der Waals surface area (Å²) in [5.74, 6) is 0. The molecule has 6 heteroatoms. The molecule has 0 bridgehead atoms. The molecule has 1 aromatic carbocycles. The number of aromatic nitrogens is 2. The van der Waals surface area contributed by atoms with Gasteiger partial charge in [0.25, 0.3) is 0 Å². The Morgan fingerprint density at radius 1 is 1.21 bits per heavy atom. The highest BCUT2D eigenvalue weighted by atomic mass is 32.1. The maximum atomic E-state index is 12.2. The number of nitrogens with one attached hydrogen (secondary N) is 1. The maximum absolute atomic E-state index is 12.2. The lowest BCUT2D eigenvalue weighted by Gasteiger charge is -2.20. The number of urea groups is 1. The van der Waals surface area contributed by atoms with E-state index >= 15 is 0 Å². The number of likely N-dealkylation sites (tertiary alicyclic amines) is 1. The second-order valence-corrected chi connectivity index (χ2v) is 5.57. The molecule has 5 nitrogen and oxygen atoms in total. The van der Waals surface area contributed by atoms with Gasteiger partial charge in [-0.25, -0.2) is 4.79 Å². The minimum atomic E-state index is -0.00978. The Balaban J connectivity index is 1.70. The lowest BCUT2D eigenvalue weighted by atomic mass is 10.2. The van der Waals surface area contributed by atoms with Crippen LogP contribution in [-0.4, -0.2) is 33.6 Å². The molecule has 1 aliphatic rings. The quantitative estimate of drug-likeness (QED) is 0.870. The molecule has 2 aromatic rings. The molecule has 100 valence electrons. The van der Waals surface area contributed by atoms with E-state index in [0.29, 0.717) is 0 Å². The number of benzene rings is 1. The average molecular weight is 276 g/mol. The van der Waals surface area contributed by atoms with Gasteiger partial charge in [-0.1, -0.05) is 17.3 Å². The molecular weight excluding hydrogens is 260 g/mol. The normalized spacial score (nSPS) is 16.3. The summed E-state index contributed by atoms with van der Waals surface area (Å²) in [4.78, 5) is 14.1. The topological polar surface area (TPSA) is 58.1 Å². The number of nitrogens with zero attached hydrogens (tertiary/aromatic N) is 3. The van der Waals surface area contributed by atoms with Crippen molar-refractivity contribution in [3.05, 3.63) is 18.2 Å². The van der Waals surface area contributed by atoms with E-state index in [4.69, 9.17) is 0 Å². The molecule has 0 aliphatic carbocycles. The van der Waals surface area contributed by atoms with Crippen LogP contribution in [0.1, 0.15) is 25.7 Å². The van der Waals surface area contributed by atoms with Crippen molar-refractivity contribution in [3.8, 4) is 0 Å². The molecule has 1 saturated heterocycles. The van der Waals surface area contributed by atoms with Crippen molar-refractivity contribution in [2.75, 3.05) is 18.4 Å². The predicted molar refractivity (Wildman–Crippen MR) is 76.5 cm³/mol. The van der Waals surface area contributed by atoms with E-state index in [1.165, 1.54) is 24.4 Å². The molecule has 0 unspecified atom stereocenters. The number of carbonyl (C=O) groups is 1. The molecule has 1 N–H and O–H groups in total. The van der Waals surface area contributed by atoms with E-state index in [0.717, 1.165) is 41.8 Å². The van der Waals surface area contributed by atoms with Crippen molar-refractivity contribution in [2.45, 2.75) is 25.7 Å². The van der Waals surface area contributed by atoms with Crippen LogP contribution in [0.15, 0.2) is 18.2 Å². The van der Waals surface area contributed by atoms with E-state index in [-0.39, 0.29) is 6.03 Å². The zero-order valence-electron chi connectivity index (χ0n) is 10.6. The Hall–Kier alpha value is -1.69. The van der Waals surface area contributed by atoms with Crippen LogP contribution in [0.25, 0.3) is 10.2 Å². The third-order valence-electron chi connectivity index (χ3n) is 3.39. The number of amides is 2. The first kappa shape index (κ1) is 12.3. The van der Waals surface area contributed by atoms with Crippen molar-refractivity contribution < 1.29 is 4.79 Å². The largest absolute Gasteiger partial charge is 0.325 e. The molecule has 2 heterocycles. The van der Waals surface area contributed by atoms with Crippen LogP contribution in [0.3, 0.4) is 0 Å². The Bertz CT molecular complexity index is 575. The molecule has 19 heavy (non-hydrogen) atoms. The van der Waals surface area contributed by atoms with Crippen LogP contribution in [-0.2, 0) is 0 Å². The Labute approximate surface area is 115 Å². The van der Waals surface area contributed by atoms with Gasteiger partial charge in [-0.3, -0.25) is 0 Å². The first-order chi connectivity index (χ1) is 9.33. The molecule has 0 saturated carbocycles. The van der Waals surface area contributed by atoms with E-state index in [2.05, 4.69) is 14.9 Å². The summed E-state index contributed by atoms with van der Waals surface area (Å²) >= 11 is 1.36. The molecule has 0 spiro atoms.